The predicted octanol–water partition coefficient (Wildman–Crippen LogP) is 4.94. The third kappa shape index (κ3) is 6.65. The van der Waals surface area contributed by atoms with Crippen LogP contribution < -0.4 is 10.1 Å². The van der Waals surface area contributed by atoms with Crippen molar-refractivity contribution in [3.63, 3.8) is 0 Å². The molecule has 1 saturated heterocycles. The van der Waals surface area contributed by atoms with E-state index in [0.29, 0.717) is 31.8 Å². The molecule has 2 aromatic rings. The van der Waals surface area contributed by atoms with Crippen LogP contribution in [-0.2, 0) is 33.5 Å². The number of nitriles is 1. The minimum atomic E-state index is -0.368. The van der Waals surface area contributed by atoms with E-state index in [0.717, 1.165) is 58.7 Å². The summed E-state index contributed by atoms with van der Waals surface area (Å²) in [6, 6.07) is 10.3. The van der Waals surface area contributed by atoms with Gasteiger partial charge in [0, 0.05) is 41.9 Å². The Morgan fingerprint density at radius 2 is 2.08 bits per heavy atom. The number of thiophene rings is 1. The van der Waals surface area contributed by atoms with Gasteiger partial charge in [-0.3, -0.25) is 4.79 Å². The number of carbonyl (C=O) groups excluding carboxylic acids is 2. The summed E-state index contributed by atoms with van der Waals surface area (Å²) >= 11 is 1.58. The molecule has 2 atom stereocenters. The molecule has 1 aliphatic heterocycles. The maximum absolute atomic E-state index is 12.9. The van der Waals surface area contributed by atoms with E-state index in [4.69, 9.17) is 14.2 Å². The number of nitrogens with zero attached hydrogens (tertiary/aromatic N) is 1. The van der Waals surface area contributed by atoms with Crippen molar-refractivity contribution in [2.24, 2.45) is 5.92 Å². The fraction of sp³-hybridized carbons (Fsp3) is 0.536. The van der Waals surface area contributed by atoms with Crippen molar-refractivity contribution < 1.29 is 23.8 Å². The Balaban J connectivity index is 1.32. The summed E-state index contributed by atoms with van der Waals surface area (Å²) in [5, 5.41) is 12.8. The van der Waals surface area contributed by atoms with E-state index in [1.807, 2.05) is 31.2 Å². The lowest BCUT2D eigenvalue weighted by atomic mass is 9.87. The molecule has 0 saturated carbocycles. The third-order valence-electron chi connectivity index (χ3n) is 7.10. The first kappa shape index (κ1) is 26.2. The second kappa shape index (κ2) is 12.4. The first-order chi connectivity index (χ1) is 17.5. The molecule has 1 aliphatic carbocycles. The van der Waals surface area contributed by atoms with Crippen LogP contribution in [0.15, 0.2) is 24.3 Å². The zero-order chi connectivity index (χ0) is 25.5. The van der Waals surface area contributed by atoms with Crippen molar-refractivity contribution in [3.05, 3.63) is 50.7 Å². The molecule has 2 aliphatic rings. The summed E-state index contributed by atoms with van der Waals surface area (Å²) in [4.78, 5) is 27.1. The highest BCUT2D eigenvalue weighted by Crippen LogP contribution is 2.37. The Morgan fingerprint density at radius 3 is 2.83 bits per heavy atom. The van der Waals surface area contributed by atoms with Crippen LogP contribution in [0.4, 0.5) is 4.79 Å². The molecule has 1 N–H and O–H groups in total. The summed E-state index contributed by atoms with van der Waals surface area (Å²) in [5.74, 6) is 1.20. The minimum Gasteiger partial charge on any atom is -0.497 e. The maximum Gasteiger partial charge on any atom is 0.407 e. The highest BCUT2D eigenvalue weighted by atomic mass is 32.1. The fourth-order valence-electron chi connectivity index (χ4n) is 5.01. The van der Waals surface area contributed by atoms with Crippen LogP contribution >= 0.6 is 11.3 Å². The summed E-state index contributed by atoms with van der Waals surface area (Å²) in [5.41, 5.74) is 2.82. The number of fused-ring (bicyclic) bond motifs is 1. The Hall–Kier alpha value is -2.89. The van der Waals surface area contributed by atoms with E-state index >= 15 is 0 Å². The topological polar surface area (TPSA) is 97.7 Å². The van der Waals surface area contributed by atoms with Gasteiger partial charge in [0.05, 0.1) is 19.3 Å². The molecule has 192 valence electrons. The van der Waals surface area contributed by atoms with Crippen LogP contribution in [0.2, 0.25) is 0 Å². The quantitative estimate of drug-likeness (QED) is 0.513. The van der Waals surface area contributed by atoms with E-state index < -0.39 is 0 Å². The number of nitrogens with one attached hydrogen (secondary N) is 1. The number of methoxy groups -OCH3 is 1. The molecule has 1 aromatic heterocycles. The number of benzene rings is 1. The minimum absolute atomic E-state index is 0.0709. The van der Waals surface area contributed by atoms with Crippen LogP contribution in [0.1, 0.15) is 65.0 Å². The number of hydrogen-bond donors (Lipinski definition) is 1. The third-order valence-corrected chi connectivity index (χ3v) is 8.35. The number of carbonyl (C=O) groups is 2. The van der Waals surface area contributed by atoms with Gasteiger partial charge in [0.1, 0.15) is 17.6 Å². The second-order valence-electron chi connectivity index (χ2n) is 9.75. The number of alkyl carbamates (subject to hydrolysis) is 1. The molecule has 8 heteroatoms. The smallest absolute Gasteiger partial charge is 0.407 e. The molecule has 0 spiro atoms. The van der Waals surface area contributed by atoms with Gasteiger partial charge in [0.25, 0.3) is 0 Å². The highest BCUT2D eigenvalue weighted by Gasteiger charge is 2.28. The molecule has 1 fully saturated rings. The van der Waals surface area contributed by atoms with Crippen LogP contribution in [0, 0.1) is 17.2 Å². The maximum atomic E-state index is 12.9. The monoisotopic (exact) mass is 510 g/mol. The molecule has 1 aromatic carbocycles. The first-order valence-corrected chi connectivity index (χ1v) is 13.5. The largest absolute Gasteiger partial charge is 0.497 e. The lowest BCUT2D eigenvalue weighted by Crippen LogP contribution is -2.39. The average Bonchev–Trinajstić information content (AvgIpc) is 3.23. The number of amides is 1. The van der Waals surface area contributed by atoms with E-state index in [9.17, 15) is 14.9 Å². The van der Waals surface area contributed by atoms with Gasteiger partial charge in [-0.05, 0) is 67.2 Å². The Kier molecular flexibility index (Phi) is 9.00. The Labute approximate surface area is 216 Å². The molecule has 4 rings (SSSR count). The summed E-state index contributed by atoms with van der Waals surface area (Å²) in [7, 11) is 1.63. The summed E-state index contributed by atoms with van der Waals surface area (Å²) < 4.78 is 16.1. The van der Waals surface area contributed by atoms with Crippen molar-refractivity contribution in [1.82, 2.24) is 5.32 Å². The van der Waals surface area contributed by atoms with Crippen molar-refractivity contribution in [1.29, 1.82) is 5.26 Å². The molecule has 1 amide bonds. The SMILES string of the molecule is COc1cccc(C(C)CC(=O)Cc2sc3c(c2C#N)CCC(COC(=O)NC2CCOCC2)C3)c1. The summed E-state index contributed by atoms with van der Waals surface area (Å²) in [6.07, 6.45) is 4.37. The van der Waals surface area contributed by atoms with Crippen molar-refractivity contribution >= 4 is 23.2 Å². The Morgan fingerprint density at radius 1 is 1.28 bits per heavy atom. The van der Waals surface area contributed by atoms with Crippen molar-refractivity contribution in [2.75, 3.05) is 26.9 Å². The van der Waals surface area contributed by atoms with E-state index in [-0.39, 0.29) is 36.2 Å². The number of Topliss-reactive ketones (excluding diaryl/α,β-unsaturated/α-hetero) is 1. The van der Waals surface area contributed by atoms with Crippen LogP contribution in [0.25, 0.3) is 0 Å². The second-order valence-corrected chi connectivity index (χ2v) is 10.9. The number of hydrogen-bond acceptors (Lipinski definition) is 7. The van der Waals surface area contributed by atoms with Gasteiger partial charge in [-0.15, -0.1) is 11.3 Å². The van der Waals surface area contributed by atoms with Crippen LogP contribution in [0.3, 0.4) is 0 Å². The van der Waals surface area contributed by atoms with Crippen LogP contribution in [0.5, 0.6) is 5.75 Å². The molecule has 7 nitrogen and oxygen atoms in total. The zero-order valence-corrected chi connectivity index (χ0v) is 21.8. The van der Waals surface area contributed by atoms with E-state index in [2.05, 4.69) is 11.4 Å². The number of rotatable bonds is 9. The molecular weight excluding hydrogens is 476 g/mol. The van der Waals surface area contributed by atoms with Gasteiger partial charge >= 0.3 is 6.09 Å². The normalized spacial score (nSPS) is 18.5. The summed E-state index contributed by atoms with van der Waals surface area (Å²) in [6.45, 7) is 3.74. The van der Waals surface area contributed by atoms with Crippen LogP contribution in [-0.4, -0.2) is 44.8 Å². The van der Waals surface area contributed by atoms with Gasteiger partial charge in [0.15, 0.2) is 0 Å². The lowest BCUT2D eigenvalue weighted by Gasteiger charge is -2.25. The van der Waals surface area contributed by atoms with Crippen molar-refractivity contribution in [2.45, 2.75) is 63.8 Å². The van der Waals surface area contributed by atoms with E-state index in [1.54, 1.807) is 18.4 Å². The van der Waals surface area contributed by atoms with E-state index in [1.165, 1.54) is 0 Å². The number of ketones is 1. The molecule has 2 heterocycles. The Bertz CT molecular complexity index is 1120. The predicted molar refractivity (Wildman–Crippen MR) is 138 cm³/mol. The number of ether oxygens (including phenoxy) is 3. The van der Waals surface area contributed by atoms with Gasteiger partial charge in [-0.1, -0.05) is 19.1 Å². The zero-order valence-electron chi connectivity index (χ0n) is 21.0. The van der Waals surface area contributed by atoms with Gasteiger partial charge in [-0.25, -0.2) is 4.79 Å². The standard InChI is InChI=1S/C28H34N2O5S/c1-18(20-4-3-5-23(14-20)33-2)12-22(31)15-27-25(16-29)24-7-6-19(13-26(24)36-27)17-35-28(32)30-21-8-10-34-11-9-21/h3-5,14,18-19,21H,6-13,15,17H2,1-2H3,(H,30,32). The molecule has 36 heavy (non-hydrogen) atoms. The van der Waals surface area contributed by atoms with Gasteiger partial charge in [-0.2, -0.15) is 5.26 Å². The lowest BCUT2D eigenvalue weighted by molar-refractivity contribution is -0.118. The fourth-order valence-corrected chi connectivity index (χ4v) is 6.46. The molecule has 0 bridgehead atoms. The molecule has 2 unspecified atom stereocenters. The van der Waals surface area contributed by atoms with Gasteiger partial charge < -0.3 is 19.5 Å². The average molecular weight is 511 g/mol. The molecular formula is C28H34N2O5S. The van der Waals surface area contributed by atoms with Crippen molar-refractivity contribution in [3.8, 4) is 11.8 Å². The highest BCUT2D eigenvalue weighted by molar-refractivity contribution is 7.12. The first-order valence-electron chi connectivity index (χ1n) is 12.7. The van der Waals surface area contributed by atoms with Gasteiger partial charge in [0.2, 0.25) is 0 Å². The molecule has 0 radical (unpaired) electrons.